The van der Waals surface area contributed by atoms with Crippen molar-refractivity contribution < 1.29 is 9.18 Å². The van der Waals surface area contributed by atoms with Crippen molar-refractivity contribution in [3.05, 3.63) is 53.9 Å². The van der Waals surface area contributed by atoms with Crippen LogP contribution in [-0.2, 0) is 0 Å². The van der Waals surface area contributed by atoms with Crippen molar-refractivity contribution in [3.8, 4) is 0 Å². The lowest BCUT2D eigenvalue weighted by Crippen LogP contribution is -2.39. The largest absolute Gasteiger partial charge is 0.347 e. The zero-order valence-electron chi connectivity index (χ0n) is 11.9. The van der Waals surface area contributed by atoms with Gasteiger partial charge in [-0.2, -0.15) is 0 Å². The predicted molar refractivity (Wildman–Crippen MR) is 78.3 cm³/mol. The predicted octanol–water partition coefficient (Wildman–Crippen LogP) is 2.74. The Morgan fingerprint density at radius 1 is 1.38 bits per heavy atom. The Hall–Kier alpha value is -2.37. The number of hydrogen-bond acceptors (Lipinski definition) is 2. The number of rotatable bonds is 6. The summed E-state index contributed by atoms with van der Waals surface area (Å²) >= 11 is 0. The molecule has 2 amide bonds. The van der Waals surface area contributed by atoms with Crippen LogP contribution in [0.2, 0.25) is 0 Å². The number of carbonyl (C=O) groups excluding carboxylic acids is 1. The van der Waals surface area contributed by atoms with E-state index in [0.717, 1.165) is 18.4 Å². The van der Waals surface area contributed by atoms with E-state index in [2.05, 4.69) is 27.5 Å². The average Bonchev–Trinajstić information content (AvgIpc) is 3.00. The van der Waals surface area contributed by atoms with Gasteiger partial charge in [0.1, 0.15) is 17.7 Å². The highest BCUT2D eigenvalue weighted by Gasteiger charge is 2.18. The molecule has 0 bridgehead atoms. The number of benzene rings is 1. The fourth-order valence-electron chi connectivity index (χ4n) is 1.96. The molecule has 3 N–H and O–H groups in total. The number of unbranched alkanes of at least 4 members (excludes halogenated alkanes) is 1. The molecule has 0 aliphatic rings. The number of urea groups is 1. The number of carbonyl (C=O) groups is 1. The molecular weight excluding hydrogens is 271 g/mol. The lowest BCUT2D eigenvalue weighted by molar-refractivity contribution is 0.238. The summed E-state index contributed by atoms with van der Waals surface area (Å²) in [5, 5.41) is 5.64. The molecule has 0 radical (unpaired) electrons. The number of H-pyrrole nitrogens is 1. The lowest BCUT2D eigenvalue weighted by atomic mass is 10.1. The molecule has 1 heterocycles. The molecule has 2 rings (SSSR count). The van der Waals surface area contributed by atoms with Crippen LogP contribution < -0.4 is 10.6 Å². The highest BCUT2D eigenvalue weighted by molar-refractivity contribution is 5.74. The number of aromatic nitrogens is 2. The third-order valence-electron chi connectivity index (χ3n) is 3.09. The maximum atomic E-state index is 13.0. The van der Waals surface area contributed by atoms with Gasteiger partial charge in [-0.25, -0.2) is 14.2 Å². The maximum Gasteiger partial charge on any atom is 0.315 e. The van der Waals surface area contributed by atoms with Crippen LogP contribution in [0.5, 0.6) is 0 Å². The van der Waals surface area contributed by atoms with Gasteiger partial charge < -0.3 is 15.6 Å². The molecule has 0 unspecified atom stereocenters. The smallest absolute Gasteiger partial charge is 0.315 e. The minimum atomic E-state index is -0.442. The van der Waals surface area contributed by atoms with Gasteiger partial charge in [0.05, 0.1) is 0 Å². The third-order valence-corrected chi connectivity index (χ3v) is 3.09. The van der Waals surface area contributed by atoms with E-state index in [0.29, 0.717) is 12.4 Å². The molecule has 0 spiro atoms. The van der Waals surface area contributed by atoms with Gasteiger partial charge in [0, 0.05) is 18.9 Å². The van der Waals surface area contributed by atoms with Crippen LogP contribution in [0, 0.1) is 5.82 Å². The van der Waals surface area contributed by atoms with Crippen LogP contribution in [0.15, 0.2) is 36.7 Å². The monoisotopic (exact) mass is 290 g/mol. The molecule has 0 fully saturated rings. The maximum absolute atomic E-state index is 13.0. The van der Waals surface area contributed by atoms with Gasteiger partial charge in [-0.15, -0.1) is 0 Å². The van der Waals surface area contributed by atoms with Crippen LogP contribution in [0.25, 0.3) is 0 Å². The Morgan fingerprint density at radius 3 is 2.76 bits per heavy atom. The van der Waals surface area contributed by atoms with Gasteiger partial charge >= 0.3 is 6.03 Å². The number of aromatic amines is 1. The van der Waals surface area contributed by atoms with Crippen molar-refractivity contribution in [2.24, 2.45) is 0 Å². The summed E-state index contributed by atoms with van der Waals surface area (Å²) in [6, 6.07) is 5.28. The van der Waals surface area contributed by atoms with Crippen molar-refractivity contribution >= 4 is 6.03 Å². The first-order valence-corrected chi connectivity index (χ1v) is 6.99. The first kappa shape index (κ1) is 15.0. The number of imidazole rings is 1. The van der Waals surface area contributed by atoms with Crippen molar-refractivity contribution in [2.75, 3.05) is 6.54 Å². The molecule has 1 atom stereocenters. The molecule has 1 aromatic heterocycles. The number of nitrogens with one attached hydrogen (secondary N) is 3. The Labute approximate surface area is 123 Å². The molecule has 21 heavy (non-hydrogen) atoms. The molecule has 1 aromatic carbocycles. The second-order valence-electron chi connectivity index (χ2n) is 4.71. The van der Waals surface area contributed by atoms with E-state index in [1.165, 1.54) is 12.1 Å². The summed E-state index contributed by atoms with van der Waals surface area (Å²) in [6.45, 7) is 2.68. The van der Waals surface area contributed by atoms with Gasteiger partial charge in [-0.3, -0.25) is 0 Å². The van der Waals surface area contributed by atoms with E-state index in [-0.39, 0.29) is 11.8 Å². The normalized spacial score (nSPS) is 11.9. The summed E-state index contributed by atoms with van der Waals surface area (Å²) in [5.74, 6) is 0.289. The second-order valence-corrected chi connectivity index (χ2v) is 4.71. The van der Waals surface area contributed by atoms with E-state index < -0.39 is 6.04 Å². The fourth-order valence-corrected chi connectivity index (χ4v) is 1.96. The highest BCUT2D eigenvalue weighted by Crippen LogP contribution is 2.19. The Kier molecular flexibility index (Phi) is 5.31. The van der Waals surface area contributed by atoms with Crippen LogP contribution in [0.3, 0.4) is 0 Å². The molecule has 5 nitrogen and oxygen atoms in total. The van der Waals surface area contributed by atoms with Gasteiger partial charge in [0.25, 0.3) is 0 Å². The molecule has 0 aliphatic carbocycles. The first-order chi connectivity index (χ1) is 10.2. The number of hydrogen-bond donors (Lipinski definition) is 3. The summed E-state index contributed by atoms with van der Waals surface area (Å²) in [6.07, 6.45) is 5.24. The van der Waals surface area contributed by atoms with Gasteiger partial charge in [-0.05, 0) is 24.1 Å². The molecule has 0 saturated heterocycles. The molecule has 6 heteroatoms. The number of nitrogens with zero attached hydrogens (tertiary/aromatic N) is 1. The number of halogens is 1. The summed E-state index contributed by atoms with van der Waals surface area (Å²) in [5.41, 5.74) is 0.761. The van der Waals surface area contributed by atoms with Crippen LogP contribution >= 0.6 is 0 Å². The quantitative estimate of drug-likeness (QED) is 0.716. The van der Waals surface area contributed by atoms with E-state index in [4.69, 9.17) is 0 Å². The Balaban J connectivity index is 2.10. The van der Waals surface area contributed by atoms with Crippen LogP contribution in [0.1, 0.15) is 37.2 Å². The van der Waals surface area contributed by atoms with E-state index in [9.17, 15) is 9.18 Å². The standard InChI is InChI=1S/C15H19FN4O/c1-2-3-8-19-15(21)20-13(14-17-9-10-18-14)11-4-6-12(16)7-5-11/h4-7,9-10,13H,2-3,8H2,1H3,(H,17,18)(H2,19,20,21)/t13-/m1/s1. The van der Waals surface area contributed by atoms with Crippen molar-refractivity contribution in [1.82, 2.24) is 20.6 Å². The Bertz CT molecular complexity index is 554. The summed E-state index contributed by atoms with van der Waals surface area (Å²) in [4.78, 5) is 19.1. The first-order valence-electron chi connectivity index (χ1n) is 6.99. The van der Waals surface area contributed by atoms with Gasteiger partial charge in [0.2, 0.25) is 0 Å². The van der Waals surface area contributed by atoms with Gasteiger partial charge in [0.15, 0.2) is 0 Å². The van der Waals surface area contributed by atoms with Crippen molar-refractivity contribution in [2.45, 2.75) is 25.8 Å². The van der Waals surface area contributed by atoms with E-state index in [1.54, 1.807) is 24.5 Å². The molecular formula is C15H19FN4O. The fraction of sp³-hybridized carbons (Fsp3) is 0.333. The van der Waals surface area contributed by atoms with Crippen molar-refractivity contribution in [3.63, 3.8) is 0 Å². The number of amides is 2. The Morgan fingerprint density at radius 2 is 2.14 bits per heavy atom. The molecule has 112 valence electrons. The second kappa shape index (κ2) is 7.42. The average molecular weight is 290 g/mol. The van der Waals surface area contributed by atoms with Crippen LogP contribution in [0.4, 0.5) is 9.18 Å². The third kappa shape index (κ3) is 4.30. The molecule has 0 aliphatic heterocycles. The molecule has 0 saturated carbocycles. The van der Waals surface area contributed by atoms with E-state index >= 15 is 0 Å². The SMILES string of the molecule is CCCCNC(=O)N[C@H](c1ccc(F)cc1)c1ncc[nH]1. The summed E-state index contributed by atoms with van der Waals surface area (Å²) in [7, 11) is 0. The van der Waals surface area contributed by atoms with Crippen LogP contribution in [-0.4, -0.2) is 22.5 Å². The minimum absolute atomic E-state index is 0.269. The highest BCUT2D eigenvalue weighted by atomic mass is 19.1. The summed E-state index contributed by atoms with van der Waals surface area (Å²) < 4.78 is 13.0. The zero-order chi connectivity index (χ0) is 15.1. The lowest BCUT2D eigenvalue weighted by Gasteiger charge is -2.17. The van der Waals surface area contributed by atoms with Gasteiger partial charge in [-0.1, -0.05) is 25.5 Å². The zero-order valence-corrected chi connectivity index (χ0v) is 11.9. The van der Waals surface area contributed by atoms with E-state index in [1.807, 2.05) is 0 Å². The molecule has 2 aromatic rings. The van der Waals surface area contributed by atoms with Crippen molar-refractivity contribution in [1.29, 1.82) is 0 Å². The minimum Gasteiger partial charge on any atom is -0.347 e. The topological polar surface area (TPSA) is 69.8 Å².